The van der Waals surface area contributed by atoms with E-state index in [2.05, 4.69) is 4.90 Å². The number of hydrogen-bond acceptors (Lipinski definition) is 8. The molecule has 2 saturated heterocycles. The first-order valence-electron chi connectivity index (χ1n) is 9.76. The van der Waals surface area contributed by atoms with Gasteiger partial charge >= 0.3 is 17.9 Å². The van der Waals surface area contributed by atoms with Crippen LogP contribution in [0.2, 0.25) is 0 Å². The first kappa shape index (κ1) is 21.3. The zero-order valence-electron chi connectivity index (χ0n) is 16.9. The molecule has 0 radical (unpaired) electrons. The first-order chi connectivity index (χ1) is 13.9. The van der Waals surface area contributed by atoms with Gasteiger partial charge in [-0.3, -0.25) is 19.3 Å². The topological polar surface area (TPSA) is 91.4 Å². The highest BCUT2D eigenvalue weighted by atomic mass is 16.6. The molecule has 3 rings (SSSR count). The predicted molar refractivity (Wildman–Crippen MR) is 102 cm³/mol. The van der Waals surface area contributed by atoms with Gasteiger partial charge in [0.05, 0.1) is 25.3 Å². The van der Waals surface area contributed by atoms with Gasteiger partial charge in [-0.25, -0.2) is 0 Å². The summed E-state index contributed by atoms with van der Waals surface area (Å²) in [5.41, 5.74) is 1.03. The van der Waals surface area contributed by atoms with E-state index in [-0.39, 0.29) is 18.7 Å². The van der Waals surface area contributed by atoms with Gasteiger partial charge in [0.2, 0.25) is 0 Å². The molecule has 0 bridgehead atoms. The van der Waals surface area contributed by atoms with Crippen molar-refractivity contribution in [2.75, 3.05) is 13.2 Å². The van der Waals surface area contributed by atoms with Crippen LogP contribution in [0.15, 0.2) is 30.3 Å². The number of esters is 3. The second kappa shape index (κ2) is 9.37. The maximum absolute atomic E-state index is 11.7. The summed E-state index contributed by atoms with van der Waals surface area (Å²) in [7, 11) is 0. The summed E-state index contributed by atoms with van der Waals surface area (Å²) in [6.45, 7) is 5.30. The predicted octanol–water partition coefficient (Wildman–Crippen LogP) is 1.45. The lowest BCUT2D eigenvalue weighted by Crippen LogP contribution is -2.44. The maximum atomic E-state index is 11.7. The molecule has 2 aliphatic rings. The molecular formula is C21H27NO7. The number of carbonyl (C=O) groups excluding carboxylic acids is 3. The largest absolute Gasteiger partial charge is 0.461 e. The average molecular weight is 405 g/mol. The summed E-state index contributed by atoms with van der Waals surface area (Å²) in [5, 5.41) is 0. The molecule has 0 aromatic heterocycles. The zero-order valence-corrected chi connectivity index (χ0v) is 16.9. The molecule has 0 unspecified atom stereocenters. The number of benzene rings is 1. The van der Waals surface area contributed by atoms with Crippen molar-refractivity contribution in [2.24, 2.45) is 0 Å². The smallest absolute Gasteiger partial charge is 0.303 e. The van der Waals surface area contributed by atoms with E-state index < -0.39 is 36.2 Å². The zero-order chi connectivity index (χ0) is 21.0. The minimum atomic E-state index is -0.728. The van der Waals surface area contributed by atoms with Crippen molar-refractivity contribution in [2.45, 2.75) is 64.2 Å². The molecule has 0 amide bonds. The lowest BCUT2D eigenvalue weighted by atomic mass is 10.0. The second-order valence-corrected chi connectivity index (χ2v) is 7.38. The Morgan fingerprint density at radius 2 is 1.55 bits per heavy atom. The van der Waals surface area contributed by atoms with Gasteiger partial charge in [0.25, 0.3) is 0 Å². The van der Waals surface area contributed by atoms with Gasteiger partial charge in [-0.2, -0.15) is 0 Å². The van der Waals surface area contributed by atoms with Crippen LogP contribution in [-0.4, -0.2) is 66.4 Å². The number of hydrogen-bond donors (Lipinski definition) is 0. The van der Waals surface area contributed by atoms with Crippen LogP contribution in [0.3, 0.4) is 0 Å². The van der Waals surface area contributed by atoms with E-state index in [4.69, 9.17) is 18.9 Å². The lowest BCUT2D eigenvalue weighted by molar-refractivity contribution is -0.168. The Balaban J connectivity index is 1.78. The summed E-state index contributed by atoms with van der Waals surface area (Å²) in [6.07, 6.45) is -1.25. The Kier molecular flexibility index (Phi) is 6.87. The SMILES string of the molecule is CC(=O)O[C@@H]1[C@H](OC(C)=O)[C@@H](COCc2ccccc2)N2CC[C@@H](OC(C)=O)[C@H]12. The summed E-state index contributed by atoms with van der Waals surface area (Å²) < 4.78 is 22.5. The summed E-state index contributed by atoms with van der Waals surface area (Å²) >= 11 is 0. The van der Waals surface area contributed by atoms with E-state index in [1.807, 2.05) is 30.3 Å². The molecule has 1 aromatic rings. The highest BCUT2D eigenvalue weighted by Crippen LogP contribution is 2.38. The highest BCUT2D eigenvalue weighted by molar-refractivity contribution is 5.68. The van der Waals surface area contributed by atoms with Crippen molar-refractivity contribution in [3.8, 4) is 0 Å². The van der Waals surface area contributed by atoms with Gasteiger partial charge in [0, 0.05) is 27.3 Å². The fourth-order valence-electron chi connectivity index (χ4n) is 4.27. The van der Waals surface area contributed by atoms with Crippen LogP contribution in [0, 0.1) is 0 Å². The van der Waals surface area contributed by atoms with E-state index in [9.17, 15) is 14.4 Å². The Morgan fingerprint density at radius 1 is 0.931 bits per heavy atom. The van der Waals surface area contributed by atoms with Crippen LogP contribution in [-0.2, 0) is 39.9 Å². The van der Waals surface area contributed by atoms with E-state index in [1.165, 1.54) is 20.8 Å². The summed E-state index contributed by atoms with van der Waals surface area (Å²) in [5.74, 6) is -1.34. The quantitative estimate of drug-likeness (QED) is 0.497. The maximum Gasteiger partial charge on any atom is 0.303 e. The van der Waals surface area contributed by atoms with Crippen molar-refractivity contribution in [1.82, 2.24) is 4.90 Å². The van der Waals surface area contributed by atoms with Crippen molar-refractivity contribution in [3.63, 3.8) is 0 Å². The van der Waals surface area contributed by atoms with Crippen molar-refractivity contribution >= 4 is 17.9 Å². The van der Waals surface area contributed by atoms with Gasteiger partial charge < -0.3 is 18.9 Å². The molecular weight excluding hydrogens is 378 g/mol. The molecule has 0 aliphatic carbocycles. The van der Waals surface area contributed by atoms with E-state index in [0.29, 0.717) is 19.6 Å². The van der Waals surface area contributed by atoms with Crippen molar-refractivity contribution in [1.29, 1.82) is 0 Å². The molecule has 5 atom stereocenters. The van der Waals surface area contributed by atoms with Crippen LogP contribution in [0.4, 0.5) is 0 Å². The molecule has 29 heavy (non-hydrogen) atoms. The van der Waals surface area contributed by atoms with Crippen LogP contribution in [0.1, 0.15) is 32.8 Å². The number of nitrogens with zero attached hydrogens (tertiary/aromatic N) is 1. The molecule has 0 N–H and O–H groups in total. The highest BCUT2D eigenvalue weighted by Gasteiger charge is 2.59. The molecule has 2 heterocycles. The van der Waals surface area contributed by atoms with E-state index in [0.717, 1.165) is 5.56 Å². The van der Waals surface area contributed by atoms with Crippen LogP contribution < -0.4 is 0 Å². The van der Waals surface area contributed by atoms with Crippen LogP contribution >= 0.6 is 0 Å². The molecule has 0 spiro atoms. The fraction of sp³-hybridized carbons (Fsp3) is 0.571. The number of rotatable bonds is 7. The van der Waals surface area contributed by atoms with Crippen molar-refractivity contribution < 1.29 is 33.3 Å². The third-order valence-electron chi connectivity index (χ3n) is 5.22. The number of fused-ring (bicyclic) bond motifs is 1. The third kappa shape index (κ3) is 5.13. The van der Waals surface area contributed by atoms with Gasteiger partial charge in [-0.1, -0.05) is 30.3 Å². The van der Waals surface area contributed by atoms with E-state index in [1.54, 1.807) is 0 Å². The Morgan fingerprint density at radius 3 is 2.17 bits per heavy atom. The monoisotopic (exact) mass is 405 g/mol. The Labute approximate surface area is 170 Å². The average Bonchev–Trinajstić information content (AvgIpc) is 3.16. The lowest BCUT2D eigenvalue weighted by Gasteiger charge is -2.27. The summed E-state index contributed by atoms with van der Waals surface area (Å²) in [4.78, 5) is 37.1. The second-order valence-electron chi connectivity index (χ2n) is 7.38. The van der Waals surface area contributed by atoms with Crippen LogP contribution in [0.5, 0.6) is 0 Å². The third-order valence-corrected chi connectivity index (χ3v) is 5.22. The van der Waals surface area contributed by atoms with Gasteiger partial charge in [0.1, 0.15) is 6.10 Å². The van der Waals surface area contributed by atoms with Gasteiger partial charge in [-0.15, -0.1) is 0 Å². The Hall–Kier alpha value is -2.45. The molecule has 8 nitrogen and oxygen atoms in total. The van der Waals surface area contributed by atoms with E-state index >= 15 is 0 Å². The Bertz CT molecular complexity index is 738. The molecule has 2 fully saturated rings. The molecule has 8 heteroatoms. The minimum absolute atomic E-state index is 0.286. The van der Waals surface area contributed by atoms with Crippen LogP contribution in [0.25, 0.3) is 0 Å². The number of carbonyl (C=O) groups is 3. The van der Waals surface area contributed by atoms with Crippen molar-refractivity contribution in [3.05, 3.63) is 35.9 Å². The molecule has 158 valence electrons. The standard InChI is InChI=1S/C21H27NO7/c1-13(23)27-18-9-10-22-17(12-26-11-16-7-5-4-6-8-16)20(28-14(2)24)21(19(18)22)29-15(3)25/h4-8,17-21H,9-12H2,1-3H3/t17-,18-,19-,20-,21+/m1/s1. The van der Waals surface area contributed by atoms with Gasteiger partial charge in [0.15, 0.2) is 12.2 Å². The summed E-state index contributed by atoms with van der Waals surface area (Å²) in [6, 6.07) is 9.06. The number of ether oxygens (including phenoxy) is 4. The van der Waals surface area contributed by atoms with Gasteiger partial charge in [-0.05, 0) is 12.0 Å². The molecule has 1 aromatic carbocycles. The normalized spacial score (nSPS) is 28.6. The first-order valence-corrected chi connectivity index (χ1v) is 9.76. The molecule has 0 saturated carbocycles. The molecule has 2 aliphatic heterocycles. The minimum Gasteiger partial charge on any atom is -0.461 e. The fourth-order valence-corrected chi connectivity index (χ4v) is 4.27.